The fourth-order valence-corrected chi connectivity index (χ4v) is 1.01. The smallest absolute Gasteiger partial charge is 0.225 e. The lowest BCUT2D eigenvalue weighted by atomic mass is 10.3. The van der Waals surface area contributed by atoms with Gasteiger partial charge in [0.1, 0.15) is 4.60 Å². The van der Waals surface area contributed by atoms with E-state index in [1.54, 1.807) is 6.20 Å². The average Bonchev–Trinajstić information content (AvgIpc) is 2.09. The molecule has 4 nitrogen and oxygen atoms in total. The predicted octanol–water partition coefficient (Wildman–Crippen LogP) is 1.98. The van der Waals surface area contributed by atoms with Crippen LogP contribution in [-0.4, -0.2) is 15.9 Å². The van der Waals surface area contributed by atoms with Gasteiger partial charge in [-0.1, -0.05) is 6.92 Å². The van der Waals surface area contributed by atoms with Crippen molar-refractivity contribution in [1.82, 2.24) is 9.97 Å². The van der Waals surface area contributed by atoms with Crippen molar-refractivity contribution >= 4 is 27.7 Å². The van der Waals surface area contributed by atoms with Crippen LogP contribution in [0.1, 0.15) is 19.8 Å². The summed E-state index contributed by atoms with van der Waals surface area (Å²) in [6.45, 7) is 1.95. The lowest BCUT2D eigenvalue weighted by Gasteiger charge is -2.01. The van der Waals surface area contributed by atoms with Gasteiger partial charge in [-0.25, -0.2) is 9.97 Å². The number of nitrogens with one attached hydrogen (secondary N) is 1. The summed E-state index contributed by atoms with van der Waals surface area (Å²) in [7, 11) is 0. The lowest BCUT2D eigenvalue weighted by Crippen LogP contribution is -2.11. The highest BCUT2D eigenvalue weighted by atomic mass is 79.9. The molecule has 13 heavy (non-hydrogen) atoms. The fourth-order valence-electron chi connectivity index (χ4n) is 0.809. The van der Waals surface area contributed by atoms with Gasteiger partial charge in [-0.2, -0.15) is 0 Å². The Morgan fingerprint density at radius 1 is 1.54 bits per heavy atom. The average molecular weight is 244 g/mol. The molecule has 0 atom stereocenters. The van der Waals surface area contributed by atoms with Crippen molar-refractivity contribution in [2.75, 3.05) is 5.32 Å². The number of hydrogen-bond acceptors (Lipinski definition) is 3. The molecule has 0 aliphatic rings. The predicted molar refractivity (Wildman–Crippen MR) is 53.3 cm³/mol. The minimum atomic E-state index is -0.0286. The second-order valence-electron chi connectivity index (χ2n) is 2.52. The zero-order chi connectivity index (χ0) is 9.68. The molecule has 0 aliphatic carbocycles. The summed E-state index contributed by atoms with van der Waals surface area (Å²) in [5, 5.41) is 2.64. The molecule has 1 aromatic heterocycles. The van der Waals surface area contributed by atoms with Crippen molar-refractivity contribution in [1.29, 1.82) is 0 Å². The molecule has 1 heterocycles. The van der Waals surface area contributed by atoms with Gasteiger partial charge in [-0.15, -0.1) is 0 Å². The molecular weight excluding hydrogens is 234 g/mol. The van der Waals surface area contributed by atoms with E-state index < -0.39 is 0 Å². The van der Waals surface area contributed by atoms with Gasteiger partial charge in [0.15, 0.2) is 5.82 Å². The third-order valence-electron chi connectivity index (χ3n) is 1.36. The largest absolute Gasteiger partial charge is 0.309 e. The van der Waals surface area contributed by atoms with Gasteiger partial charge in [0.2, 0.25) is 5.91 Å². The zero-order valence-electron chi connectivity index (χ0n) is 7.25. The Bertz CT molecular complexity index is 286. The second-order valence-corrected chi connectivity index (χ2v) is 3.34. The fraction of sp³-hybridized carbons (Fsp3) is 0.375. The quantitative estimate of drug-likeness (QED) is 0.884. The number of carbonyl (C=O) groups is 1. The van der Waals surface area contributed by atoms with E-state index in [1.807, 2.05) is 6.92 Å². The topological polar surface area (TPSA) is 54.9 Å². The maximum Gasteiger partial charge on any atom is 0.225 e. The van der Waals surface area contributed by atoms with E-state index >= 15 is 0 Å². The van der Waals surface area contributed by atoms with Gasteiger partial charge in [0.25, 0.3) is 0 Å². The Morgan fingerprint density at radius 2 is 2.31 bits per heavy atom. The summed E-state index contributed by atoms with van der Waals surface area (Å²) in [5.74, 6) is 0.459. The van der Waals surface area contributed by atoms with Crippen LogP contribution in [0.15, 0.2) is 17.0 Å². The normalized spacial score (nSPS) is 9.69. The number of rotatable bonds is 3. The molecule has 5 heteroatoms. The highest BCUT2D eigenvalue weighted by Crippen LogP contribution is 2.06. The van der Waals surface area contributed by atoms with Crippen LogP contribution >= 0.6 is 15.9 Å². The first-order valence-corrected chi connectivity index (χ1v) is 4.79. The van der Waals surface area contributed by atoms with E-state index in [2.05, 4.69) is 31.2 Å². The van der Waals surface area contributed by atoms with Crippen LogP contribution in [0.5, 0.6) is 0 Å². The minimum absolute atomic E-state index is 0.0286. The maximum absolute atomic E-state index is 11.1. The summed E-state index contributed by atoms with van der Waals surface area (Å²) in [5.41, 5.74) is 0. The monoisotopic (exact) mass is 243 g/mol. The molecule has 0 fully saturated rings. The molecule has 0 aromatic carbocycles. The van der Waals surface area contributed by atoms with E-state index in [0.717, 1.165) is 6.42 Å². The van der Waals surface area contributed by atoms with Crippen molar-refractivity contribution in [2.24, 2.45) is 0 Å². The van der Waals surface area contributed by atoms with Gasteiger partial charge in [-0.3, -0.25) is 4.79 Å². The first-order chi connectivity index (χ1) is 6.22. The molecule has 0 radical (unpaired) electrons. The van der Waals surface area contributed by atoms with Crippen LogP contribution in [0.25, 0.3) is 0 Å². The summed E-state index contributed by atoms with van der Waals surface area (Å²) in [6.07, 6.45) is 4.40. The number of nitrogens with zero attached hydrogens (tertiary/aromatic N) is 2. The van der Waals surface area contributed by atoms with E-state index in [9.17, 15) is 4.79 Å². The highest BCUT2D eigenvalue weighted by molar-refractivity contribution is 9.10. The molecule has 0 aliphatic heterocycles. The van der Waals surface area contributed by atoms with Crippen LogP contribution in [0, 0.1) is 0 Å². The third kappa shape index (κ3) is 3.50. The van der Waals surface area contributed by atoms with E-state index in [1.165, 1.54) is 6.20 Å². The van der Waals surface area contributed by atoms with Gasteiger partial charge in [-0.05, 0) is 22.4 Å². The number of anilines is 1. The maximum atomic E-state index is 11.1. The van der Waals surface area contributed by atoms with E-state index in [0.29, 0.717) is 16.8 Å². The molecule has 1 aromatic rings. The number of halogens is 1. The second kappa shape index (κ2) is 4.91. The first-order valence-electron chi connectivity index (χ1n) is 3.99. The molecule has 70 valence electrons. The summed E-state index contributed by atoms with van der Waals surface area (Å²) in [4.78, 5) is 19.0. The van der Waals surface area contributed by atoms with Crippen LogP contribution in [0.3, 0.4) is 0 Å². The Kier molecular flexibility index (Phi) is 3.82. The Labute approximate surface area is 84.9 Å². The molecule has 0 unspecified atom stereocenters. The van der Waals surface area contributed by atoms with Gasteiger partial charge in [0.05, 0.1) is 12.4 Å². The number of aromatic nitrogens is 2. The van der Waals surface area contributed by atoms with Crippen molar-refractivity contribution in [2.45, 2.75) is 19.8 Å². The van der Waals surface area contributed by atoms with Crippen LogP contribution in [0.4, 0.5) is 5.82 Å². The van der Waals surface area contributed by atoms with E-state index in [4.69, 9.17) is 0 Å². The number of amides is 1. The lowest BCUT2D eigenvalue weighted by molar-refractivity contribution is -0.116. The van der Waals surface area contributed by atoms with Gasteiger partial charge >= 0.3 is 0 Å². The number of carbonyl (C=O) groups excluding carboxylic acids is 1. The Balaban J connectivity index is 2.54. The number of hydrogen-bond donors (Lipinski definition) is 1. The Morgan fingerprint density at radius 3 is 2.85 bits per heavy atom. The first kappa shape index (κ1) is 10.1. The van der Waals surface area contributed by atoms with Crippen molar-refractivity contribution in [3.63, 3.8) is 0 Å². The molecule has 0 bridgehead atoms. The van der Waals surface area contributed by atoms with E-state index in [-0.39, 0.29) is 5.91 Å². The van der Waals surface area contributed by atoms with Crippen LogP contribution in [-0.2, 0) is 4.79 Å². The molecule has 1 amide bonds. The highest BCUT2D eigenvalue weighted by Gasteiger charge is 2.01. The Hall–Kier alpha value is -0.970. The minimum Gasteiger partial charge on any atom is -0.309 e. The van der Waals surface area contributed by atoms with Crippen molar-refractivity contribution < 1.29 is 4.79 Å². The molecule has 1 N–H and O–H groups in total. The van der Waals surface area contributed by atoms with Crippen molar-refractivity contribution in [3.8, 4) is 0 Å². The van der Waals surface area contributed by atoms with Gasteiger partial charge < -0.3 is 5.32 Å². The molecule has 1 rings (SSSR count). The third-order valence-corrected chi connectivity index (χ3v) is 1.77. The molecule has 0 spiro atoms. The molecule has 0 saturated carbocycles. The standard InChI is InChI=1S/C8H10BrN3O/c1-2-3-8(13)12-7-5-10-6(9)4-11-7/h4-5H,2-3H2,1H3,(H,11,12,13). The molecular formula is C8H10BrN3O. The summed E-state index contributed by atoms with van der Waals surface area (Å²) >= 11 is 3.16. The summed E-state index contributed by atoms with van der Waals surface area (Å²) < 4.78 is 0.654. The van der Waals surface area contributed by atoms with Gasteiger partial charge in [0, 0.05) is 6.42 Å². The van der Waals surface area contributed by atoms with Crippen LogP contribution < -0.4 is 5.32 Å². The zero-order valence-corrected chi connectivity index (χ0v) is 8.84. The molecule has 0 saturated heterocycles. The SMILES string of the molecule is CCCC(=O)Nc1cnc(Br)cn1. The summed E-state index contributed by atoms with van der Waals surface area (Å²) in [6, 6.07) is 0. The van der Waals surface area contributed by atoms with Crippen LogP contribution in [0.2, 0.25) is 0 Å². The van der Waals surface area contributed by atoms with Crippen molar-refractivity contribution in [3.05, 3.63) is 17.0 Å².